The molecule has 0 unspecified atom stereocenters. The minimum atomic E-state index is 0.474. The first-order chi connectivity index (χ1) is 6.70. The van der Waals surface area contributed by atoms with Crippen LogP contribution in [-0.4, -0.2) is 9.61 Å². The van der Waals surface area contributed by atoms with Gasteiger partial charge in [-0.05, 0) is 24.1 Å². The van der Waals surface area contributed by atoms with Crippen molar-refractivity contribution < 1.29 is 0 Å². The van der Waals surface area contributed by atoms with Crippen LogP contribution < -0.4 is 0 Å². The molecule has 4 heteroatoms. The van der Waals surface area contributed by atoms with Gasteiger partial charge >= 0.3 is 0 Å². The van der Waals surface area contributed by atoms with Gasteiger partial charge in [0.15, 0.2) is 0 Å². The molecule has 0 aliphatic heterocycles. The summed E-state index contributed by atoms with van der Waals surface area (Å²) in [4.78, 5) is 1.11. The standard InChI is InChI=1S/C10H12N2S2/c1-7(2)10-5-8-3-4-9(14-13)6-12(8)11-10/h3-7,13H,1-2H3. The van der Waals surface area contributed by atoms with Crippen LogP contribution in [0.25, 0.3) is 5.52 Å². The second kappa shape index (κ2) is 3.87. The zero-order valence-corrected chi connectivity index (χ0v) is 9.85. The number of fused-ring (bicyclic) bond motifs is 1. The smallest absolute Gasteiger partial charge is 0.0665 e. The molecule has 74 valence electrons. The molecule has 0 aliphatic carbocycles. The Hall–Kier alpha value is -0.610. The maximum atomic E-state index is 4.49. The topological polar surface area (TPSA) is 17.3 Å². The van der Waals surface area contributed by atoms with E-state index in [0.29, 0.717) is 5.92 Å². The third kappa shape index (κ3) is 1.77. The van der Waals surface area contributed by atoms with Gasteiger partial charge < -0.3 is 0 Å². The van der Waals surface area contributed by atoms with E-state index in [2.05, 4.69) is 48.8 Å². The minimum absolute atomic E-state index is 0.474. The Labute approximate surface area is 92.5 Å². The van der Waals surface area contributed by atoms with E-state index in [0.717, 1.165) is 16.1 Å². The highest BCUT2D eigenvalue weighted by Crippen LogP contribution is 2.23. The minimum Gasteiger partial charge on any atom is -0.240 e. The predicted octanol–water partition coefficient (Wildman–Crippen LogP) is 3.39. The molecular formula is C10H12N2S2. The highest BCUT2D eigenvalue weighted by molar-refractivity contribution is 8.68. The van der Waals surface area contributed by atoms with E-state index in [1.54, 1.807) is 0 Å². The molecule has 0 fully saturated rings. The van der Waals surface area contributed by atoms with Crippen molar-refractivity contribution in [1.82, 2.24) is 9.61 Å². The summed E-state index contributed by atoms with van der Waals surface area (Å²) in [5, 5.41) is 4.49. The Kier molecular flexibility index (Phi) is 2.74. The van der Waals surface area contributed by atoms with Crippen molar-refractivity contribution in [1.29, 1.82) is 0 Å². The molecule has 2 aromatic heterocycles. The molecule has 0 spiro atoms. The fourth-order valence-electron chi connectivity index (χ4n) is 1.32. The van der Waals surface area contributed by atoms with Gasteiger partial charge in [0.1, 0.15) is 0 Å². The molecule has 0 amide bonds. The van der Waals surface area contributed by atoms with E-state index in [-0.39, 0.29) is 0 Å². The molecule has 0 N–H and O–H groups in total. The summed E-state index contributed by atoms with van der Waals surface area (Å²) in [7, 11) is 1.43. The summed E-state index contributed by atoms with van der Waals surface area (Å²) in [5.41, 5.74) is 2.27. The first-order valence-electron chi connectivity index (χ1n) is 4.51. The van der Waals surface area contributed by atoms with Crippen LogP contribution in [-0.2, 0) is 0 Å². The molecule has 0 radical (unpaired) electrons. The Morgan fingerprint density at radius 2 is 2.21 bits per heavy atom. The summed E-state index contributed by atoms with van der Waals surface area (Å²) < 4.78 is 1.91. The lowest BCUT2D eigenvalue weighted by atomic mass is 10.1. The predicted molar refractivity (Wildman–Crippen MR) is 64.1 cm³/mol. The lowest BCUT2D eigenvalue weighted by molar-refractivity contribution is 0.785. The second-order valence-electron chi connectivity index (χ2n) is 3.55. The molecule has 2 heterocycles. The maximum Gasteiger partial charge on any atom is 0.0665 e. The van der Waals surface area contributed by atoms with Crippen LogP contribution in [0.4, 0.5) is 0 Å². The van der Waals surface area contributed by atoms with Gasteiger partial charge in [-0.3, -0.25) is 0 Å². The maximum absolute atomic E-state index is 4.49. The Balaban J connectivity index is 2.54. The molecule has 2 aromatic rings. The molecule has 0 saturated heterocycles. The monoisotopic (exact) mass is 224 g/mol. The van der Waals surface area contributed by atoms with Crippen LogP contribution in [0.1, 0.15) is 25.5 Å². The Morgan fingerprint density at radius 1 is 1.43 bits per heavy atom. The molecule has 0 aliphatic rings. The van der Waals surface area contributed by atoms with Crippen molar-refractivity contribution in [2.75, 3.05) is 0 Å². The van der Waals surface area contributed by atoms with Gasteiger partial charge in [0.2, 0.25) is 0 Å². The summed E-state index contributed by atoms with van der Waals surface area (Å²) >= 11 is 4.16. The fraction of sp³-hybridized carbons (Fsp3) is 0.300. The highest BCUT2D eigenvalue weighted by Gasteiger charge is 2.05. The lowest BCUT2D eigenvalue weighted by Crippen LogP contribution is -1.90. The number of hydrogen-bond donors (Lipinski definition) is 1. The SMILES string of the molecule is CC(C)c1cc2ccc(SS)cn2n1. The molecule has 14 heavy (non-hydrogen) atoms. The lowest BCUT2D eigenvalue weighted by Gasteiger charge is -1.96. The van der Waals surface area contributed by atoms with Gasteiger partial charge in [-0.2, -0.15) is 5.10 Å². The van der Waals surface area contributed by atoms with Crippen LogP contribution in [0.5, 0.6) is 0 Å². The largest absolute Gasteiger partial charge is 0.240 e. The number of pyridine rings is 1. The van der Waals surface area contributed by atoms with Gasteiger partial charge in [0.05, 0.1) is 11.2 Å². The van der Waals surface area contributed by atoms with Crippen LogP contribution >= 0.6 is 22.5 Å². The molecule has 0 atom stereocenters. The summed E-state index contributed by atoms with van der Waals surface area (Å²) in [6.45, 7) is 4.30. The third-order valence-electron chi connectivity index (χ3n) is 2.15. The quantitative estimate of drug-likeness (QED) is 0.622. The molecular weight excluding hydrogens is 212 g/mol. The van der Waals surface area contributed by atoms with E-state index in [1.165, 1.54) is 10.8 Å². The van der Waals surface area contributed by atoms with Gasteiger partial charge in [-0.1, -0.05) is 24.6 Å². The zero-order chi connectivity index (χ0) is 10.1. The van der Waals surface area contributed by atoms with Crippen LogP contribution in [0.2, 0.25) is 0 Å². The zero-order valence-electron chi connectivity index (χ0n) is 8.14. The van der Waals surface area contributed by atoms with Crippen molar-refractivity contribution >= 4 is 28.0 Å². The van der Waals surface area contributed by atoms with E-state index in [9.17, 15) is 0 Å². The normalized spacial score (nSPS) is 11.4. The summed E-state index contributed by atoms with van der Waals surface area (Å²) in [6.07, 6.45) is 2.00. The van der Waals surface area contributed by atoms with Gasteiger partial charge in [-0.15, -0.1) is 11.7 Å². The number of hydrogen-bond acceptors (Lipinski definition) is 3. The molecule has 0 aromatic carbocycles. The van der Waals surface area contributed by atoms with Crippen molar-refractivity contribution in [2.45, 2.75) is 24.7 Å². The van der Waals surface area contributed by atoms with E-state index in [4.69, 9.17) is 0 Å². The van der Waals surface area contributed by atoms with Crippen LogP contribution in [0.15, 0.2) is 29.3 Å². The number of rotatable bonds is 2. The first-order valence-corrected chi connectivity index (χ1v) is 6.38. The van der Waals surface area contributed by atoms with Crippen molar-refractivity contribution in [3.8, 4) is 0 Å². The van der Waals surface area contributed by atoms with Crippen LogP contribution in [0.3, 0.4) is 0 Å². The number of thiol groups is 1. The highest BCUT2D eigenvalue weighted by atomic mass is 33.1. The molecule has 2 nitrogen and oxygen atoms in total. The Bertz CT molecular complexity index is 448. The van der Waals surface area contributed by atoms with Crippen LogP contribution in [0, 0.1) is 0 Å². The van der Waals surface area contributed by atoms with Gasteiger partial charge in [0, 0.05) is 11.1 Å². The third-order valence-corrected chi connectivity index (χ3v) is 3.23. The Morgan fingerprint density at radius 3 is 2.86 bits per heavy atom. The van der Waals surface area contributed by atoms with E-state index in [1.807, 2.05) is 10.7 Å². The molecule has 0 saturated carbocycles. The van der Waals surface area contributed by atoms with Gasteiger partial charge in [0.25, 0.3) is 0 Å². The number of nitrogens with zero attached hydrogens (tertiary/aromatic N) is 2. The summed E-state index contributed by atoms with van der Waals surface area (Å²) in [5.74, 6) is 0.474. The molecule has 0 bridgehead atoms. The van der Waals surface area contributed by atoms with Crippen molar-refractivity contribution in [2.24, 2.45) is 0 Å². The average Bonchev–Trinajstić information content (AvgIpc) is 2.59. The first kappa shape index (κ1) is 9.93. The van der Waals surface area contributed by atoms with E-state index < -0.39 is 0 Å². The second-order valence-corrected chi connectivity index (χ2v) is 4.75. The fourth-order valence-corrected chi connectivity index (χ4v) is 1.92. The summed E-state index contributed by atoms with van der Waals surface area (Å²) in [6, 6.07) is 6.24. The number of aromatic nitrogens is 2. The van der Waals surface area contributed by atoms with Gasteiger partial charge in [-0.25, -0.2) is 4.52 Å². The molecule has 2 rings (SSSR count). The van der Waals surface area contributed by atoms with Crippen molar-refractivity contribution in [3.05, 3.63) is 30.1 Å². The average molecular weight is 224 g/mol. The van der Waals surface area contributed by atoms with Crippen molar-refractivity contribution in [3.63, 3.8) is 0 Å². The van der Waals surface area contributed by atoms with E-state index >= 15 is 0 Å².